The molecular weight excluding hydrogens is 268 g/mol. The molecule has 1 atom stereocenters. The lowest BCUT2D eigenvalue weighted by Gasteiger charge is -2.30. The summed E-state index contributed by atoms with van der Waals surface area (Å²) in [6.45, 7) is 12.8. The van der Waals surface area contributed by atoms with E-state index in [0.29, 0.717) is 11.8 Å². The quantitative estimate of drug-likeness (QED) is 0.695. The van der Waals surface area contributed by atoms with Crippen LogP contribution in [0.15, 0.2) is 5.38 Å². The number of hydrogen-bond acceptors (Lipinski definition) is 4. The van der Waals surface area contributed by atoms with Gasteiger partial charge in [0.25, 0.3) is 0 Å². The van der Waals surface area contributed by atoms with Gasteiger partial charge in [-0.1, -0.05) is 27.7 Å². The van der Waals surface area contributed by atoms with Crippen molar-refractivity contribution in [2.45, 2.75) is 58.9 Å². The summed E-state index contributed by atoms with van der Waals surface area (Å²) < 4.78 is 5.16. The predicted molar refractivity (Wildman–Crippen MR) is 87.5 cm³/mol. The van der Waals surface area contributed by atoms with Crippen molar-refractivity contribution in [3.05, 3.63) is 16.1 Å². The molecule has 0 saturated carbocycles. The molecule has 0 spiro atoms. The van der Waals surface area contributed by atoms with Gasteiger partial charge in [0.05, 0.1) is 17.8 Å². The van der Waals surface area contributed by atoms with Crippen LogP contribution in [0.3, 0.4) is 0 Å². The van der Waals surface area contributed by atoms with Gasteiger partial charge in [-0.3, -0.25) is 0 Å². The van der Waals surface area contributed by atoms with Crippen molar-refractivity contribution in [2.24, 2.45) is 5.92 Å². The fourth-order valence-corrected chi connectivity index (χ4v) is 3.23. The van der Waals surface area contributed by atoms with Gasteiger partial charge in [0, 0.05) is 19.0 Å². The highest BCUT2D eigenvalue weighted by molar-refractivity contribution is 7.09. The van der Waals surface area contributed by atoms with Crippen molar-refractivity contribution >= 4 is 11.3 Å². The third-order valence-corrected chi connectivity index (χ3v) is 4.75. The second-order valence-corrected chi connectivity index (χ2v) is 7.27. The summed E-state index contributed by atoms with van der Waals surface area (Å²) in [6, 6.07) is 0. The summed E-state index contributed by atoms with van der Waals surface area (Å²) in [5, 5.41) is 7.05. The number of ether oxygens (including phenoxy) is 1. The second-order valence-electron chi connectivity index (χ2n) is 6.42. The molecule has 1 aromatic rings. The van der Waals surface area contributed by atoms with Crippen molar-refractivity contribution in [2.75, 3.05) is 20.3 Å². The average molecular weight is 298 g/mol. The lowest BCUT2D eigenvalue weighted by Crippen LogP contribution is -2.41. The van der Waals surface area contributed by atoms with E-state index in [2.05, 4.69) is 45.3 Å². The summed E-state index contributed by atoms with van der Waals surface area (Å²) in [6.07, 6.45) is 2.31. The summed E-state index contributed by atoms with van der Waals surface area (Å²) >= 11 is 1.78. The first-order valence-electron chi connectivity index (χ1n) is 7.59. The van der Waals surface area contributed by atoms with Crippen molar-refractivity contribution in [1.82, 2.24) is 10.3 Å². The van der Waals surface area contributed by atoms with Gasteiger partial charge in [-0.05, 0) is 31.6 Å². The van der Waals surface area contributed by atoms with Crippen LogP contribution >= 0.6 is 11.3 Å². The molecule has 1 heterocycles. The fourth-order valence-electron chi connectivity index (χ4n) is 2.08. The molecule has 20 heavy (non-hydrogen) atoms. The first-order valence-corrected chi connectivity index (χ1v) is 8.47. The van der Waals surface area contributed by atoms with Crippen molar-refractivity contribution in [1.29, 1.82) is 0 Å². The predicted octanol–water partition coefficient (Wildman–Crippen LogP) is 4.15. The molecule has 1 N–H and O–H groups in total. The first-order chi connectivity index (χ1) is 9.39. The Labute approximate surface area is 128 Å². The van der Waals surface area contributed by atoms with E-state index in [1.807, 2.05) is 0 Å². The number of methoxy groups -OCH3 is 1. The third-order valence-electron chi connectivity index (χ3n) is 3.63. The van der Waals surface area contributed by atoms with Crippen molar-refractivity contribution in [3.63, 3.8) is 0 Å². The Balaban J connectivity index is 2.83. The van der Waals surface area contributed by atoms with Gasteiger partial charge in [0.1, 0.15) is 5.01 Å². The van der Waals surface area contributed by atoms with Crippen LogP contribution in [0.1, 0.15) is 64.1 Å². The maximum atomic E-state index is 5.16. The molecule has 0 radical (unpaired) electrons. The Kier molecular flexibility index (Phi) is 7.13. The highest BCUT2D eigenvalue weighted by atomic mass is 32.1. The largest absolute Gasteiger partial charge is 0.383 e. The van der Waals surface area contributed by atoms with Gasteiger partial charge in [0.15, 0.2) is 0 Å². The molecule has 0 aliphatic rings. The Bertz CT molecular complexity index is 390. The van der Waals surface area contributed by atoms with E-state index in [9.17, 15) is 0 Å². The number of rotatable bonds is 9. The van der Waals surface area contributed by atoms with Gasteiger partial charge < -0.3 is 10.1 Å². The number of nitrogens with zero attached hydrogens (tertiary/aromatic N) is 1. The molecule has 0 bridgehead atoms. The maximum Gasteiger partial charge on any atom is 0.113 e. The second kappa shape index (κ2) is 8.11. The molecule has 1 unspecified atom stereocenters. The van der Waals surface area contributed by atoms with Crippen LogP contribution in [0.2, 0.25) is 0 Å². The van der Waals surface area contributed by atoms with E-state index >= 15 is 0 Å². The zero-order valence-electron chi connectivity index (χ0n) is 13.8. The summed E-state index contributed by atoms with van der Waals surface area (Å²) in [4.78, 5) is 4.85. The van der Waals surface area contributed by atoms with Crippen LogP contribution < -0.4 is 5.32 Å². The molecule has 0 aliphatic heterocycles. The van der Waals surface area contributed by atoms with Crippen LogP contribution in [0.4, 0.5) is 0 Å². The minimum atomic E-state index is -0.0411. The molecule has 0 aromatic carbocycles. The minimum absolute atomic E-state index is 0.0411. The van der Waals surface area contributed by atoms with Gasteiger partial charge in [-0.15, -0.1) is 11.3 Å². The zero-order chi connectivity index (χ0) is 15.2. The van der Waals surface area contributed by atoms with E-state index in [1.165, 1.54) is 17.1 Å². The third kappa shape index (κ3) is 5.15. The van der Waals surface area contributed by atoms with Crippen LogP contribution in [0, 0.1) is 5.92 Å². The Hall–Kier alpha value is -0.450. The summed E-state index contributed by atoms with van der Waals surface area (Å²) in [7, 11) is 1.74. The molecule has 4 heteroatoms. The SMILES string of the molecule is COCCNC(C)(CCC(C)C)c1nc(C(C)C)cs1. The van der Waals surface area contributed by atoms with Crippen LogP contribution in [0.25, 0.3) is 0 Å². The number of hydrogen-bond donors (Lipinski definition) is 1. The van der Waals surface area contributed by atoms with E-state index in [1.54, 1.807) is 18.4 Å². The summed E-state index contributed by atoms with van der Waals surface area (Å²) in [5.74, 6) is 1.21. The molecule has 0 fully saturated rings. The number of aromatic nitrogens is 1. The molecule has 1 aromatic heterocycles. The molecular formula is C16H30N2OS. The van der Waals surface area contributed by atoms with Crippen LogP contribution in [-0.2, 0) is 10.3 Å². The van der Waals surface area contributed by atoms with Gasteiger partial charge in [-0.25, -0.2) is 4.98 Å². The number of thiazole rings is 1. The lowest BCUT2D eigenvalue weighted by molar-refractivity contribution is 0.182. The van der Waals surface area contributed by atoms with Gasteiger partial charge in [0.2, 0.25) is 0 Å². The first kappa shape index (κ1) is 17.6. The smallest absolute Gasteiger partial charge is 0.113 e. The Morgan fingerprint density at radius 2 is 2.05 bits per heavy atom. The highest BCUT2D eigenvalue weighted by Crippen LogP contribution is 2.31. The fraction of sp³-hybridized carbons (Fsp3) is 0.812. The van der Waals surface area contributed by atoms with Crippen molar-refractivity contribution in [3.8, 4) is 0 Å². The van der Waals surface area contributed by atoms with Crippen LogP contribution in [-0.4, -0.2) is 25.2 Å². The zero-order valence-corrected chi connectivity index (χ0v) is 14.6. The molecule has 0 saturated heterocycles. The highest BCUT2D eigenvalue weighted by Gasteiger charge is 2.29. The lowest BCUT2D eigenvalue weighted by atomic mass is 9.92. The molecule has 0 amide bonds. The van der Waals surface area contributed by atoms with Crippen LogP contribution in [0.5, 0.6) is 0 Å². The average Bonchev–Trinajstić information content (AvgIpc) is 2.87. The number of nitrogens with one attached hydrogen (secondary N) is 1. The van der Waals surface area contributed by atoms with E-state index < -0.39 is 0 Å². The standard InChI is InChI=1S/C16H30N2OS/c1-12(2)7-8-16(5,17-9-10-19-6)15-18-14(11-20-15)13(3)4/h11-13,17H,7-10H2,1-6H3. The molecule has 3 nitrogen and oxygen atoms in total. The maximum absolute atomic E-state index is 5.16. The van der Waals surface area contributed by atoms with E-state index in [-0.39, 0.29) is 5.54 Å². The Morgan fingerprint density at radius 1 is 1.35 bits per heavy atom. The van der Waals surface area contributed by atoms with E-state index in [0.717, 1.165) is 19.6 Å². The van der Waals surface area contributed by atoms with Gasteiger partial charge >= 0.3 is 0 Å². The molecule has 0 aliphatic carbocycles. The topological polar surface area (TPSA) is 34.1 Å². The monoisotopic (exact) mass is 298 g/mol. The normalized spacial score (nSPS) is 15.0. The molecule has 116 valence electrons. The van der Waals surface area contributed by atoms with Crippen molar-refractivity contribution < 1.29 is 4.74 Å². The summed E-state index contributed by atoms with van der Waals surface area (Å²) in [5.41, 5.74) is 1.16. The Morgan fingerprint density at radius 3 is 2.55 bits per heavy atom. The van der Waals surface area contributed by atoms with Gasteiger partial charge in [-0.2, -0.15) is 0 Å². The molecule has 1 rings (SSSR count). The minimum Gasteiger partial charge on any atom is -0.383 e. The van der Waals surface area contributed by atoms with E-state index in [4.69, 9.17) is 9.72 Å².